The van der Waals surface area contributed by atoms with Gasteiger partial charge in [-0.3, -0.25) is 14.7 Å². The van der Waals surface area contributed by atoms with Crippen LogP contribution in [-0.2, 0) is 11.3 Å². The first-order valence-electron chi connectivity index (χ1n) is 5.68. The summed E-state index contributed by atoms with van der Waals surface area (Å²) in [6, 6.07) is 3.55. The van der Waals surface area contributed by atoms with Crippen molar-refractivity contribution in [3.8, 4) is 0 Å². The number of carbonyl (C=O) groups excluding carboxylic acids is 2. The number of carbonyl (C=O) groups is 2. The maximum atomic E-state index is 11.6. The van der Waals surface area contributed by atoms with Crippen molar-refractivity contribution in [2.75, 3.05) is 6.54 Å². The van der Waals surface area contributed by atoms with E-state index in [1.807, 2.05) is 11.4 Å². The van der Waals surface area contributed by atoms with Crippen LogP contribution in [0.4, 0.5) is 0 Å². The molecule has 2 aromatic rings. The van der Waals surface area contributed by atoms with Crippen molar-refractivity contribution >= 4 is 23.2 Å². The number of nitrogens with zero attached hydrogens (tertiary/aromatic N) is 2. The van der Waals surface area contributed by atoms with Crippen LogP contribution in [0, 0.1) is 0 Å². The van der Waals surface area contributed by atoms with E-state index in [-0.39, 0.29) is 18.2 Å². The number of H-pyrrole nitrogens is 1. The van der Waals surface area contributed by atoms with Gasteiger partial charge < -0.3 is 10.6 Å². The number of nitrogens with one attached hydrogen (secondary N) is 3. The fourth-order valence-corrected chi connectivity index (χ4v) is 2.01. The highest BCUT2D eigenvalue weighted by molar-refractivity contribution is 7.12. The van der Waals surface area contributed by atoms with Crippen LogP contribution in [0.2, 0.25) is 0 Å². The second-order valence-electron chi connectivity index (χ2n) is 3.69. The van der Waals surface area contributed by atoms with Crippen LogP contribution in [0.3, 0.4) is 0 Å². The van der Waals surface area contributed by atoms with E-state index in [1.54, 1.807) is 6.07 Å². The fourth-order valence-electron chi connectivity index (χ4n) is 1.37. The van der Waals surface area contributed by atoms with Crippen LogP contribution < -0.4 is 10.6 Å². The van der Waals surface area contributed by atoms with E-state index in [0.717, 1.165) is 0 Å². The summed E-state index contributed by atoms with van der Waals surface area (Å²) in [6.07, 6.45) is 1.61. The molecule has 2 rings (SSSR count). The molecular formula is C11H13N5O2S. The highest BCUT2D eigenvalue weighted by Crippen LogP contribution is 2.07. The van der Waals surface area contributed by atoms with E-state index in [0.29, 0.717) is 23.8 Å². The molecule has 0 spiro atoms. The van der Waals surface area contributed by atoms with Crippen molar-refractivity contribution in [3.63, 3.8) is 0 Å². The molecule has 2 aromatic heterocycles. The molecule has 0 aliphatic rings. The maximum absolute atomic E-state index is 11.6. The van der Waals surface area contributed by atoms with Gasteiger partial charge in [0, 0.05) is 13.0 Å². The van der Waals surface area contributed by atoms with Crippen LogP contribution in [0.15, 0.2) is 23.8 Å². The van der Waals surface area contributed by atoms with Gasteiger partial charge in [0.15, 0.2) is 0 Å². The molecule has 0 aromatic carbocycles. The van der Waals surface area contributed by atoms with Crippen LogP contribution >= 0.6 is 11.3 Å². The summed E-state index contributed by atoms with van der Waals surface area (Å²) >= 11 is 1.37. The smallest absolute Gasteiger partial charge is 0.261 e. The van der Waals surface area contributed by atoms with Crippen molar-refractivity contribution in [2.24, 2.45) is 0 Å². The normalized spacial score (nSPS) is 10.1. The number of hydrogen-bond acceptors (Lipinski definition) is 5. The van der Waals surface area contributed by atoms with Gasteiger partial charge >= 0.3 is 0 Å². The third-order valence-corrected chi connectivity index (χ3v) is 3.17. The lowest BCUT2D eigenvalue weighted by Gasteiger charge is -2.04. The van der Waals surface area contributed by atoms with Crippen LogP contribution in [0.1, 0.15) is 21.9 Å². The summed E-state index contributed by atoms with van der Waals surface area (Å²) in [5, 5.41) is 13.5. The molecule has 0 aliphatic heterocycles. The Hall–Kier alpha value is -2.22. The molecule has 0 saturated heterocycles. The summed E-state index contributed by atoms with van der Waals surface area (Å²) in [7, 11) is 0. The van der Waals surface area contributed by atoms with Crippen LogP contribution in [0.25, 0.3) is 0 Å². The van der Waals surface area contributed by atoms with Gasteiger partial charge in [0.1, 0.15) is 12.2 Å². The number of thiophene rings is 1. The second-order valence-corrected chi connectivity index (χ2v) is 4.64. The zero-order valence-electron chi connectivity index (χ0n) is 10.0. The summed E-state index contributed by atoms with van der Waals surface area (Å²) in [5.41, 5.74) is 0. The monoisotopic (exact) mass is 279 g/mol. The highest BCUT2D eigenvalue weighted by atomic mass is 32.1. The van der Waals surface area contributed by atoms with E-state index < -0.39 is 0 Å². The van der Waals surface area contributed by atoms with Crippen molar-refractivity contribution in [1.82, 2.24) is 25.8 Å². The molecule has 3 N–H and O–H groups in total. The summed E-state index contributed by atoms with van der Waals surface area (Å²) < 4.78 is 0. The molecule has 0 bridgehead atoms. The Morgan fingerprint density at radius 1 is 1.37 bits per heavy atom. The lowest BCUT2D eigenvalue weighted by atomic mass is 10.3. The average molecular weight is 279 g/mol. The average Bonchev–Trinajstić information content (AvgIpc) is 3.09. The van der Waals surface area contributed by atoms with Crippen molar-refractivity contribution in [1.29, 1.82) is 0 Å². The molecule has 19 heavy (non-hydrogen) atoms. The molecule has 7 nitrogen and oxygen atoms in total. The zero-order chi connectivity index (χ0) is 13.5. The highest BCUT2D eigenvalue weighted by Gasteiger charge is 2.07. The molecule has 0 unspecified atom stereocenters. The molecule has 2 heterocycles. The Balaban J connectivity index is 1.63. The minimum absolute atomic E-state index is 0.150. The van der Waals surface area contributed by atoms with Gasteiger partial charge in [-0.25, -0.2) is 4.98 Å². The first kappa shape index (κ1) is 13.2. The van der Waals surface area contributed by atoms with Gasteiger partial charge in [-0.2, -0.15) is 5.10 Å². The quantitative estimate of drug-likeness (QED) is 0.708. The third kappa shape index (κ3) is 4.18. The Labute approximate surface area is 113 Å². The van der Waals surface area contributed by atoms with E-state index in [9.17, 15) is 9.59 Å². The van der Waals surface area contributed by atoms with Crippen molar-refractivity contribution < 1.29 is 9.59 Å². The largest absolute Gasteiger partial charge is 0.351 e. The van der Waals surface area contributed by atoms with Gasteiger partial charge in [0.25, 0.3) is 5.91 Å². The molecule has 0 aliphatic carbocycles. The second kappa shape index (κ2) is 6.64. The Bertz CT molecular complexity index is 523. The first-order chi connectivity index (χ1) is 9.25. The minimum Gasteiger partial charge on any atom is -0.351 e. The fraction of sp³-hybridized carbons (Fsp3) is 0.273. The van der Waals surface area contributed by atoms with E-state index in [4.69, 9.17) is 0 Å². The van der Waals surface area contributed by atoms with Crippen LogP contribution in [0.5, 0.6) is 0 Å². The topological polar surface area (TPSA) is 99.8 Å². The summed E-state index contributed by atoms with van der Waals surface area (Å²) in [6.45, 7) is 0.608. The lowest BCUT2D eigenvalue weighted by Crippen LogP contribution is -2.30. The molecule has 0 atom stereocenters. The molecule has 0 saturated carbocycles. The number of rotatable bonds is 6. The Morgan fingerprint density at radius 2 is 2.26 bits per heavy atom. The Kier molecular flexibility index (Phi) is 4.62. The van der Waals surface area contributed by atoms with Gasteiger partial charge in [-0.15, -0.1) is 11.3 Å². The van der Waals surface area contributed by atoms with E-state index in [2.05, 4.69) is 25.8 Å². The van der Waals surface area contributed by atoms with Crippen molar-refractivity contribution in [2.45, 2.75) is 13.0 Å². The van der Waals surface area contributed by atoms with E-state index in [1.165, 1.54) is 17.7 Å². The first-order valence-corrected chi connectivity index (χ1v) is 6.56. The predicted molar refractivity (Wildman–Crippen MR) is 69.5 cm³/mol. The van der Waals surface area contributed by atoms with Gasteiger partial charge in [-0.05, 0) is 11.4 Å². The molecular weight excluding hydrogens is 266 g/mol. The van der Waals surface area contributed by atoms with Gasteiger partial charge in [0.2, 0.25) is 5.91 Å². The number of aromatic amines is 1. The predicted octanol–water partition coefficient (Wildman–Crippen LogP) is 0.303. The lowest BCUT2D eigenvalue weighted by molar-refractivity contribution is -0.121. The molecule has 0 radical (unpaired) electrons. The standard InChI is InChI=1S/C11H13N5O2S/c17-10(13-6-9-14-7-15-16-9)3-4-12-11(18)8-2-1-5-19-8/h1-2,5,7H,3-4,6H2,(H,12,18)(H,13,17)(H,14,15,16). The Morgan fingerprint density at radius 3 is 2.95 bits per heavy atom. The summed E-state index contributed by atoms with van der Waals surface area (Å²) in [4.78, 5) is 27.6. The maximum Gasteiger partial charge on any atom is 0.261 e. The minimum atomic E-state index is -0.155. The third-order valence-electron chi connectivity index (χ3n) is 2.30. The number of aromatic nitrogens is 3. The molecule has 8 heteroatoms. The molecule has 0 fully saturated rings. The van der Waals surface area contributed by atoms with Crippen LogP contribution in [-0.4, -0.2) is 33.5 Å². The number of hydrogen-bond donors (Lipinski definition) is 3. The van der Waals surface area contributed by atoms with Gasteiger partial charge in [-0.1, -0.05) is 6.07 Å². The van der Waals surface area contributed by atoms with E-state index >= 15 is 0 Å². The zero-order valence-corrected chi connectivity index (χ0v) is 10.9. The summed E-state index contributed by atoms with van der Waals surface area (Å²) in [5.74, 6) is 0.289. The number of amides is 2. The van der Waals surface area contributed by atoms with Gasteiger partial charge in [0.05, 0.1) is 11.4 Å². The molecule has 2 amide bonds. The molecule has 100 valence electrons. The SMILES string of the molecule is O=C(CCNC(=O)c1cccs1)NCc1ncn[nH]1. The van der Waals surface area contributed by atoms with Crippen molar-refractivity contribution in [3.05, 3.63) is 34.5 Å².